The molecular weight excluding hydrogens is 372 g/mol. The monoisotopic (exact) mass is 398 g/mol. The third kappa shape index (κ3) is 6.42. The van der Waals surface area contributed by atoms with Crippen LogP contribution in [0.3, 0.4) is 0 Å². The van der Waals surface area contributed by atoms with Gasteiger partial charge in [-0.05, 0) is 26.3 Å². The summed E-state index contributed by atoms with van der Waals surface area (Å²) in [6.07, 6.45) is -0.388. The van der Waals surface area contributed by atoms with Crippen LogP contribution < -0.4 is 5.32 Å². The first kappa shape index (κ1) is 19.2. The van der Waals surface area contributed by atoms with Crippen LogP contribution in [-0.4, -0.2) is 55.5 Å². The van der Waals surface area contributed by atoms with Gasteiger partial charge in [0, 0.05) is 19.6 Å². The number of halogens is 1. The lowest BCUT2D eigenvalue weighted by Crippen LogP contribution is -2.49. The van der Waals surface area contributed by atoms with Crippen molar-refractivity contribution in [2.75, 3.05) is 32.8 Å². The number of alkyl halides is 1. The highest BCUT2D eigenvalue weighted by molar-refractivity contribution is 9.09. The van der Waals surface area contributed by atoms with E-state index in [1.54, 1.807) is 0 Å². The van der Waals surface area contributed by atoms with E-state index < -0.39 is 5.60 Å². The lowest BCUT2D eigenvalue weighted by Gasteiger charge is -2.33. The molecule has 1 heterocycles. The Bertz CT molecular complexity index is 513. The average molecular weight is 399 g/mol. The molecule has 1 aromatic rings. The summed E-state index contributed by atoms with van der Waals surface area (Å²) in [6.45, 7) is 9.56. The van der Waals surface area contributed by atoms with Crippen molar-refractivity contribution in [2.24, 2.45) is 0 Å². The number of nitrogens with one attached hydrogen (secondary N) is 1. The Kier molecular flexibility index (Phi) is 7.07. The number of carbonyl (C=O) groups is 1. The van der Waals surface area contributed by atoms with Gasteiger partial charge in [0.2, 0.25) is 0 Å². The minimum atomic E-state index is -0.512. The maximum absolute atomic E-state index is 12.2. The van der Waals surface area contributed by atoms with Crippen molar-refractivity contribution in [3.8, 4) is 0 Å². The topological polar surface area (TPSA) is 50.8 Å². The van der Waals surface area contributed by atoms with Crippen molar-refractivity contribution in [1.82, 2.24) is 10.2 Å². The van der Waals surface area contributed by atoms with Gasteiger partial charge in [-0.2, -0.15) is 0 Å². The molecule has 1 fully saturated rings. The first-order valence-corrected chi connectivity index (χ1v) is 9.25. The van der Waals surface area contributed by atoms with Crippen molar-refractivity contribution in [2.45, 2.75) is 37.2 Å². The number of carbonyl (C=O) groups excluding carboxylic acids is 1. The van der Waals surface area contributed by atoms with Gasteiger partial charge in [0.15, 0.2) is 0 Å². The highest BCUT2D eigenvalue weighted by Crippen LogP contribution is 2.27. The second kappa shape index (κ2) is 8.83. The van der Waals surface area contributed by atoms with Crippen molar-refractivity contribution < 1.29 is 14.3 Å². The second-order valence-corrected chi connectivity index (χ2v) is 7.96. The van der Waals surface area contributed by atoms with Crippen LogP contribution >= 0.6 is 15.9 Å². The smallest absolute Gasteiger partial charge is 0.407 e. The van der Waals surface area contributed by atoms with E-state index >= 15 is 0 Å². The molecule has 6 heteroatoms. The van der Waals surface area contributed by atoms with Crippen LogP contribution in [0.1, 0.15) is 31.2 Å². The minimum absolute atomic E-state index is 0.00839. The van der Waals surface area contributed by atoms with Crippen molar-refractivity contribution in [1.29, 1.82) is 0 Å². The first-order valence-electron chi connectivity index (χ1n) is 8.34. The van der Waals surface area contributed by atoms with Gasteiger partial charge in [0.05, 0.1) is 24.1 Å². The Labute approximate surface area is 152 Å². The molecule has 5 nitrogen and oxygen atoms in total. The number of alkyl carbamates (subject to hydrolysis) is 1. The van der Waals surface area contributed by atoms with Crippen LogP contribution in [0.2, 0.25) is 0 Å². The normalized spacial score (nSPS) is 18.7. The van der Waals surface area contributed by atoms with E-state index in [-0.39, 0.29) is 17.0 Å². The quantitative estimate of drug-likeness (QED) is 0.772. The Morgan fingerprint density at radius 3 is 2.50 bits per heavy atom. The van der Waals surface area contributed by atoms with E-state index in [1.165, 1.54) is 0 Å². The highest BCUT2D eigenvalue weighted by Gasteiger charge is 2.27. The summed E-state index contributed by atoms with van der Waals surface area (Å²) in [5.74, 6) is 0. The number of nitrogens with zero attached hydrogens (tertiary/aromatic N) is 1. The maximum atomic E-state index is 12.2. The largest absolute Gasteiger partial charge is 0.444 e. The first-order chi connectivity index (χ1) is 11.3. The molecule has 1 aromatic carbocycles. The molecule has 1 N–H and O–H groups in total. The zero-order valence-corrected chi connectivity index (χ0v) is 16.2. The Hall–Kier alpha value is -1.11. The molecule has 0 bridgehead atoms. The fourth-order valence-electron chi connectivity index (χ4n) is 2.60. The third-order valence-corrected chi connectivity index (χ3v) is 4.90. The highest BCUT2D eigenvalue weighted by atomic mass is 79.9. The number of hydrogen-bond acceptors (Lipinski definition) is 4. The summed E-state index contributed by atoms with van der Waals surface area (Å²) in [5, 5.41) is 3.03. The lowest BCUT2D eigenvalue weighted by molar-refractivity contribution is 0.0289. The molecule has 134 valence electrons. The second-order valence-electron chi connectivity index (χ2n) is 6.98. The fraction of sp³-hybridized carbons (Fsp3) is 0.611. The molecule has 1 aliphatic rings. The summed E-state index contributed by atoms with van der Waals surface area (Å²) in [7, 11) is 0. The van der Waals surface area contributed by atoms with Gasteiger partial charge in [0.1, 0.15) is 5.60 Å². The van der Waals surface area contributed by atoms with Gasteiger partial charge in [-0.15, -0.1) is 0 Å². The van der Waals surface area contributed by atoms with Crippen LogP contribution in [0, 0.1) is 0 Å². The van der Waals surface area contributed by atoms with Crippen LogP contribution in [-0.2, 0) is 9.47 Å². The van der Waals surface area contributed by atoms with Gasteiger partial charge in [0.25, 0.3) is 0 Å². The fourth-order valence-corrected chi connectivity index (χ4v) is 3.21. The number of hydrogen-bond donors (Lipinski definition) is 1. The zero-order valence-electron chi connectivity index (χ0n) is 14.6. The molecular formula is C18H27BrN2O3. The maximum Gasteiger partial charge on any atom is 0.407 e. The molecule has 0 saturated carbocycles. The van der Waals surface area contributed by atoms with Gasteiger partial charge in [-0.1, -0.05) is 46.3 Å². The molecule has 0 spiro atoms. The summed E-state index contributed by atoms with van der Waals surface area (Å²) in [6, 6.07) is 10.0. The molecule has 24 heavy (non-hydrogen) atoms. The Balaban J connectivity index is 2.06. The van der Waals surface area contributed by atoms with Crippen LogP contribution in [0.25, 0.3) is 0 Å². The van der Waals surface area contributed by atoms with E-state index in [1.807, 2.05) is 39.0 Å². The summed E-state index contributed by atoms with van der Waals surface area (Å²) >= 11 is 3.76. The molecule has 1 saturated heterocycles. The molecule has 1 amide bonds. The molecule has 2 atom stereocenters. The molecule has 0 unspecified atom stereocenters. The van der Waals surface area contributed by atoms with Crippen molar-refractivity contribution in [3.63, 3.8) is 0 Å². The predicted octanol–water partition coefficient (Wildman–Crippen LogP) is 3.35. The van der Waals surface area contributed by atoms with E-state index in [4.69, 9.17) is 9.47 Å². The molecule has 0 radical (unpaired) electrons. The minimum Gasteiger partial charge on any atom is -0.444 e. The molecule has 0 aromatic heterocycles. The van der Waals surface area contributed by atoms with Crippen molar-refractivity contribution in [3.05, 3.63) is 35.9 Å². The van der Waals surface area contributed by atoms with Gasteiger partial charge in [-0.3, -0.25) is 4.90 Å². The number of rotatable bonds is 5. The van der Waals surface area contributed by atoms with E-state index in [0.717, 1.165) is 38.4 Å². The number of ether oxygens (including phenoxy) is 2. The van der Waals surface area contributed by atoms with Gasteiger partial charge in [-0.25, -0.2) is 4.79 Å². The van der Waals surface area contributed by atoms with Gasteiger partial charge >= 0.3 is 6.09 Å². The van der Waals surface area contributed by atoms with Crippen LogP contribution in [0.5, 0.6) is 0 Å². The summed E-state index contributed by atoms with van der Waals surface area (Å²) in [5.41, 5.74) is 0.620. The van der Waals surface area contributed by atoms with Gasteiger partial charge < -0.3 is 14.8 Å². The molecule has 2 rings (SSSR count). The van der Waals surface area contributed by atoms with E-state index in [9.17, 15) is 4.79 Å². The number of morpholine rings is 1. The number of benzene rings is 1. The van der Waals surface area contributed by atoms with E-state index in [0.29, 0.717) is 0 Å². The third-order valence-electron chi connectivity index (χ3n) is 3.73. The SMILES string of the molecule is CC(C)(C)OC(=O)N[C@H](CN1CCOCC1)[C@@H](Br)c1ccccc1. The Morgan fingerprint density at radius 2 is 1.92 bits per heavy atom. The molecule has 1 aliphatic heterocycles. The van der Waals surface area contributed by atoms with Crippen LogP contribution in [0.15, 0.2) is 30.3 Å². The number of amides is 1. The van der Waals surface area contributed by atoms with Crippen molar-refractivity contribution >= 4 is 22.0 Å². The van der Waals surface area contributed by atoms with Crippen LogP contribution in [0.4, 0.5) is 4.79 Å². The summed E-state index contributed by atoms with van der Waals surface area (Å²) < 4.78 is 10.8. The lowest BCUT2D eigenvalue weighted by atomic mass is 10.1. The zero-order chi connectivity index (χ0) is 17.6. The predicted molar refractivity (Wildman–Crippen MR) is 98.5 cm³/mol. The van der Waals surface area contributed by atoms with E-state index in [2.05, 4.69) is 38.3 Å². The summed E-state index contributed by atoms with van der Waals surface area (Å²) in [4.78, 5) is 14.6. The average Bonchev–Trinajstić information content (AvgIpc) is 2.53. The Morgan fingerprint density at radius 1 is 1.29 bits per heavy atom. The standard InChI is InChI=1S/C18H27BrN2O3/c1-18(2,3)24-17(22)20-15(13-21-9-11-23-12-10-21)16(19)14-7-5-4-6-8-14/h4-8,15-16H,9-13H2,1-3H3,(H,20,22)/t15-,16+/m1/s1. The molecule has 0 aliphatic carbocycles.